The summed E-state index contributed by atoms with van der Waals surface area (Å²) < 4.78 is 13.1. The highest BCUT2D eigenvalue weighted by Crippen LogP contribution is 2.78. The first kappa shape index (κ1) is 58.3. The highest BCUT2D eigenvalue weighted by atomic mass is 33.1. The molecule has 4 aromatic carbocycles. The molecule has 86 heavy (non-hydrogen) atoms. The van der Waals surface area contributed by atoms with Crippen molar-refractivity contribution < 1.29 is 34.4 Å². The molecule has 456 valence electrons. The van der Waals surface area contributed by atoms with Crippen molar-refractivity contribution in [3.63, 3.8) is 0 Å². The molecule has 8 aliphatic carbocycles. The molecule has 0 unspecified atom stereocenters. The van der Waals surface area contributed by atoms with E-state index in [1.54, 1.807) is 22.8 Å². The summed E-state index contributed by atoms with van der Waals surface area (Å²) >= 11 is 0. The van der Waals surface area contributed by atoms with Crippen molar-refractivity contribution in [2.24, 2.45) is 62.6 Å². The molecule has 4 aromatic rings. The smallest absolute Gasteiger partial charge is 0.331 e. The third-order valence-electron chi connectivity index (χ3n) is 27.2. The van der Waals surface area contributed by atoms with E-state index < -0.39 is 51.5 Å². The van der Waals surface area contributed by atoms with Crippen LogP contribution in [0.15, 0.2) is 103 Å². The van der Waals surface area contributed by atoms with Crippen LogP contribution in [0.4, 0.5) is 0 Å². The molecule has 2 spiro atoms. The van der Waals surface area contributed by atoms with Crippen LogP contribution in [0.5, 0.6) is 0 Å². The van der Waals surface area contributed by atoms with Crippen molar-refractivity contribution >= 4 is 44.3 Å². The van der Waals surface area contributed by atoms with Gasteiger partial charge in [-0.05, 0) is 225 Å². The number of hydrogen-bond donors (Lipinski definition) is 3. The van der Waals surface area contributed by atoms with E-state index in [1.807, 2.05) is 21.6 Å². The van der Waals surface area contributed by atoms with E-state index in [-0.39, 0.29) is 53.6 Å². The number of aliphatic hydroxyl groups is 3. The van der Waals surface area contributed by atoms with E-state index in [4.69, 9.17) is 9.47 Å². The second kappa shape index (κ2) is 22.1. The molecule has 7 fully saturated rings. The number of aliphatic hydroxyl groups excluding tert-OH is 2. The summed E-state index contributed by atoms with van der Waals surface area (Å²) in [4.78, 5) is 29.0. The number of carbonyl (C=O) groups is 2. The van der Waals surface area contributed by atoms with E-state index in [0.29, 0.717) is 68.1 Å². The van der Waals surface area contributed by atoms with Crippen molar-refractivity contribution in [1.82, 2.24) is 0 Å². The molecule has 4 bridgehead atoms. The molecule has 3 aliphatic heterocycles. The lowest BCUT2D eigenvalue weighted by atomic mass is 9.34. The fourth-order valence-electron chi connectivity index (χ4n) is 23.4. The van der Waals surface area contributed by atoms with E-state index >= 15 is 9.90 Å². The summed E-state index contributed by atoms with van der Waals surface area (Å²) in [6.07, 6.45) is 19.6. The Bertz CT molecular complexity index is 3350. The Morgan fingerprint density at radius 3 is 2.28 bits per heavy atom. The van der Waals surface area contributed by atoms with Crippen LogP contribution in [-0.2, 0) is 30.9 Å². The zero-order valence-corrected chi connectivity index (χ0v) is 53.2. The van der Waals surface area contributed by atoms with Gasteiger partial charge in [0.15, 0.2) is 0 Å². The second-order valence-electron chi connectivity index (χ2n) is 30.9. The lowest BCUT2D eigenvalue weighted by molar-refractivity contribution is -0.340. The van der Waals surface area contributed by atoms with Crippen LogP contribution in [0.25, 0.3) is 10.8 Å². The zero-order chi connectivity index (χ0) is 58.8. The van der Waals surface area contributed by atoms with Crippen molar-refractivity contribution in [3.8, 4) is 11.8 Å². The Labute approximate surface area is 520 Å². The van der Waals surface area contributed by atoms with Gasteiger partial charge in [0, 0.05) is 41.8 Å². The van der Waals surface area contributed by atoms with Gasteiger partial charge >= 0.3 is 11.9 Å². The van der Waals surface area contributed by atoms with Crippen molar-refractivity contribution in [2.45, 2.75) is 222 Å². The molecular formula is C77H94O7S2. The van der Waals surface area contributed by atoms with Gasteiger partial charge in [0.05, 0.1) is 34.1 Å². The first-order chi connectivity index (χ1) is 41.7. The number of carbonyl (C=O) groups excluding carboxylic acids is 2. The predicted molar refractivity (Wildman–Crippen MR) is 345 cm³/mol. The van der Waals surface area contributed by atoms with Crippen molar-refractivity contribution in [2.75, 3.05) is 18.1 Å². The van der Waals surface area contributed by atoms with Crippen LogP contribution < -0.4 is 0 Å². The third-order valence-corrected chi connectivity index (χ3v) is 29.8. The highest BCUT2D eigenvalue weighted by molar-refractivity contribution is 8.76. The molecule has 3 heterocycles. The maximum Gasteiger partial charge on any atom is 0.331 e. The Balaban J connectivity index is 0.880. The topological polar surface area (TPSA) is 113 Å². The summed E-state index contributed by atoms with van der Waals surface area (Å²) in [5.74, 6) is 11.0. The number of esters is 2. The maximum atomic E-state index is 16.2. The molecule has 1 saturated heterocycles. The molecule has 3 N–H and O–H groups in total. The fourth-order valence-corrected chi connectivity index (χ4v) is 26.3. The molecule has 15 rings (SSSR count). The number of cyclic esters (lactones) is 1. The van der Waals surface area contributed by atoms with E-state index in [9.17, 15) is 15.0 Å². The highest BCUT2D eigenvalue weighted by Gasteiger charge is 2.79. The van der Waals surface area contributed by atoms with Gasteiger partial charge in [-0.3, -0.25) is 4.79 Å². The normalized spacial score (nSPS) is 43.5. The Hall–Kier alpha value is -4.04. The third kappa shape index (κ3) is 8.80. The summed E-state index contributed by atoms with van der Waals surface area (Å²) in [7, 11) is 3.90. The van der Waals surface area contributed by atoms with Gasteiger partial charge in [0.1, 0.15) is 12.7 Å². The van der Waals surface area contributed by atoms with Gasteiger partial charge in [-0.25, -0.2) is 4.79 Å². The summed E-state index contributed by atoms with van der Waals surface area (Å²) in [5, 5.41) is 46.0. The second-order valence-corrected chi connectivity index (χ2v) is 33.5. The molecule has 9 heteroatoms. The van der Waals surface area contributed by atoms with Gasteiger partial charge in [0.25, 0.3) is 0 Å². The van der Waals surface area contributed by atoms with Crippen molar-refractivity contribution in [1.29, 1.82) is 0 Å². The Kier molecular flexibility index (Phi) is 15.0. The average Bonchev–Trinajstić information content (AvgIpc) is 1.04. The molecule has 7 nitrogen and oxygen atoms in total. The first-order valence-electron chi connectivity index (χ1n) is 34.2. The number of hydrogen-bond acceptors (Lipinski definition) is 9. The largest absolute Gasteiger partial charge is 0.462 e. The minimum Gasteiger partial charge on any atom is -0.462 e. The quantitative estimate of drug-likeness (QED) is 0.0946. The summed E-state index contributed by atoms with van der Waals surface area (Å²) in [5.41, 5.74) is 2.92. The van der Waals surface area contributed by atoms with Gasteiger partial charge in [0.2, 0.25) is 0 Å². The molecule has 0 aromatic heterocycles. The molecule has 0 amide bonds. The lowest BCUT2D eigenvalue weighted by Gasteiger charge is -2.72. The molecule has 0 radical (unpaired) electrons. The zero-order valence-electron chi connectivity index (χ0n) is 51.5. The standard InChI is InChI=1S/C77H94O7S2/c1-49-24-27-63(78)77-64(79)31-36-72(3,56-30-38-74-37-29-54-44-75(55-19-8-5-9-20-55)34-13-11-23-60(75)59-26-25-53-18-14-22-58(61(74)43-56)66(53)67(59)68(54)74)69(77)62-45-71(2,76(77,82)39-28-51-42-65(80)83-46-51)32-15-35-73(70(81)84-62)33-12-10-21-57(73)48-86-85-47-52(40-49)41-50-16-6-4-7-17-50/h4-9,14,16-20,22,25-26,42,49,52,54,56-57,60-64,68-69,78-79,82H,10-13,21,23-24,27-31,33-41,43-48H2,1-3H3/t49-,52+,54-,56+,57+,60-,61+,62-,63+,64-,68-,69+,71+,72+,73+,74+,75+,76-,77+/m1/s1. The van der Waals surface area contributed by atoms with E-state index in [0.717, 1.165) is 81.3 Å². The van der Waals surface area contributed by atoms with Gasteiger partial charge in [-0.1, -0.05) is 158 Å². The summed E-state index contributed by atoms with van der Waals surface area (Å²) in [6, 6.07) is 34.9. The van der Waals surface area contributed by atoms with Crippen LogP contribution >= 0.6 is 21.6 Å². The number of ether oxygens (including phenoxy) is 2. The van der Waals surface area contributed by atoms with Gasteiger partial charge < -0.3 is 24.8 Å². The van der Waals surface area contributed by atoms with Crippen LogP contribution in [0.3, 0.4) is 0 Å². The van der Waals surface area contributed by atoms with Crippen LogP contribution in [0.1, 0.15) is 214 Å². The Morgan fingerprint density at radius 1 is 0.698 bits per heavy atom. The minimum absolute atomic E-state index is 0.0746. The Morgan fingerprint density at radius 2 is 1.47 bits per heavy atom. The fraction of sp³-hybridized carbons (Fsp3) is 0.636. The lowest BCUT2D eigenvalue weighted by Crippen LogP contribution is -2.79. The number of benzene rings is 4. The summed E-state index contributed by atoms with van der Waals surface area (Å²) in [6.45, 7) is 7.07. The van der Waals surface area contributed by atoms with E-state index in [1.165, 1.54) is 66.8 Å². The SMILES string of the molecule is C[C@@H]1CC[C@H](O)[C@]23[C@H](O)CC[C@@](C)([C@H]4CC[C@]56CC[C@@H]7C[C@]8(c9ccccc9)CCCC[C@@H]8c8ccc9cccc(c9c8[C@@H]75)[C@@H]6C4)[C@@H]2[C@H]2C[C@](C)(C#CC[C@]4(CCCC[C@H]4CSSC[C@H](Cc4ccccc4)C1)C(=O)O2)[C@]3(O)CCC1=CC(=O)OC1. The predicted octanol–water partition coefficient (Wildman–Crippen LogP) is 16.3. The molecule has 11 aliphatic rings. The van der Waals surface area contributed by atoms with Crippen LogP contribution in [-0.4, -0.2) is 69.3 Å². The van der Waals surface area contributed by atoms with Crippen LogP contribution in [0, 0.1) is 74.4 Å². The van der Waals surface area contributed by atoms with Crippen LogP contribution in [0.2, 0.25) is 0 Å². The van der Waals surface area contributed by atoms with Gasteiger partial charge in [-0.2, -0.15) is 0 Å². The first-order valence-corrected chi connectivity index (χ1v) is 36.7. The number of fused-ring (bicyclic) bond motifs is 5. The molecule has 6 saturated carbocycles. The molecular weight excluding hydrogens is 1100 g/mol. The maximum absolute atomic E-state index is 16.2. The minimum atomic E-state index is -1.76. The van der Waals surface area contributed by atoms with E-state index in [2.05, 4.69) is 124 Å². The van der Waals surface area contributed by atoms with Crippen molar-refractivity contribution in [3.05, 3.63) is 130 Å². The number of rotatable bonds is 7. The molecule has 19 atom stereocenters. The van der Waals surface area contributed by atoms with Gasteiger partial charge in [-0.15, -0.1) is 5.92 Å². The average molecular weight is 1200 g/mol. The monoisotopic (exact) mass is 1190 g/mol.